The predicted molar refractivity (Wildman–Crippen MR) is 102 cm³/mol. The second-order valence-electron chi connectivity index (χ2n) is 5.14. The van der Waals surface area contributed by atoms with Crippen molar-refractivity contribution in [1.29, 1.82) is 0 Å². The maximum absolute atomic E-state index is 11.7. The number of phenols is 1. The lowest BCUT2D eigenvalue weighted by atomic mass is 10.1. The van der Waals surface area contributed by atoms with E-state index in [1.54, 1.807) is 12.1 Å². The Kier molecular flexibility index (Phi) is 7.11. The van der Waals surface area contributed by atoms with Gasteiger partial charge in [-0.1, -0.05) is 24.3 Å². The van der Waals surface area contributed by atoms with E-state index >= 15 is 0 Å². The molecule has 0 saturated heterocycles. The molecule has 0 spiro atoms. The molecule has 4 nitrogen and oxygen atoms in total. The number of ether oxygens (including phenoxy) is 2. The summed E-state index contributed by atoms with van der Waals surface area (Å²) < 4.78 is 11.3. The van der Waals surface area contributed by atoms with Crippen molar-refractivity contribution in [1.82, 2.24) is 0 Å². The molecule has 0 amide bonds. The fourth-order valence-electron chi connectivity index (χ4n) is 2.11. The second kappa shape index (κ2) is 9.32. The highest BCUT2D eigenvalue weighted by molar-refractivity contribution is 14.1. The van der Waals surface area contributed by atoms with E-state index in [-0.39, 0.29) is 24.7 Å². The minimum absolute atomic E-state index is 0.0730. The van der Waals surface area contributed by atoms with Crippen molar-refractivity contribution in [3.63, 3.8) is 0 Å². The Balaban J connectivity index is 1.73. The third-order valence-corrected chi connectivity index (χ3v) is 4.10. The van der Waals surface area contributed by atoms with Crippen LogP contribution in [0.4, 0.5) is 0 Å². The van der Waals surface area contributed by atoms with Gasteiger partial charge in [0.05, 0.1) is 7.11 Å². The average molecular weight is 438 g/mol. The molecule has 0 aromatic heterocycles. The average Bonchev–Trinajstić information content (AvgIpc) is 2.58. The Morgan fingerprint density at radius 2 is 1.96 bits per heavy atom. The lowest BCUT2D eigenvalue weighted by molar-refractivity contribution is -0.142. The molecule has 2 rings (SSSR count). The third kappa shape index (κ3) is 5.88. The van der Waals surface area contributed by atoms with Crippen molar-refractivity contribution in [3.8, 4) is 11.5 Å². The third-order valence-electron chi connectivity index (χ3n) is 3.38. The summed E-state index contributed by atoms with van der Waals surface area (Å²) in [5.41, 5.74) is 1.93. The van der Waals surface area contributed by atoms with Crippen molar-refractivity contribution in [2.45, 2.75) is 12.8 Å². The summed E-state index contributed by atoms with van der Waals surface area (Å²) in [5.74, 6) is 0.225. The summed E-state index contributed by atoms with van der Waals surface area (Å²) in [5, 5.41) is 9.70. The summed E-state index contributed by atoms with van der Waals surface area (Å²) in [6.45, 7) is 0.249. The maximum atomic E-state index is 11.7. The highest BCUT2D eigenvalue weighted by Crippen LogP contribution is 2.26. The molecule has 0 radical (unpaired) electrons. The molecule has 0 aliphatic rings. The van der Waals surface area contributed by atoms with E-state index in [1.807, 2.05) is 42.5 Å². The molecule has 0 saturated carbocycles. The van der Waals surface area contributed by atoms with Gasteiger partial charge in [0.15, 0.2) is 11.5 Å². The lowest BCUT2D eigenvalue weighted by Gasteiger charge is -2.06. The van der Waals surface area contributed by atoms with Crippen molar-refractivity contribution in [3.05, 3.63) is 63.2 Å². The molecule has 0 bridgehead atoms. The highest BCUT2D eigenvalue weighted by Gasteiger charge is 2.06. The molecule has 0 aliphatic heterocycles. The summed E-state index contributed by atoms with van der Waals surface area (Å²) in [7, 11) is 1.50. The maximum Gasteiger partial charge on any atom is 0.306 e. The molecule has 0 aliphatic carbocycles. The van der Waals surface area contributed by atoms with E-state index < -0.39 is 0 Å². The van der Waals surface area contributed by atoms with E-state index in [2.05, 4.69) is 22.6 Å². The number of carbonyl (C=O) groups is 1. The zero-order valence-electron chi connectivity index (χ0n) is 13.4. The van der Waals surface area contributed by atoms with E-state index in [0.717, 1.165) is 11.1 Å². The quantitative estimate of drug-likeness (QED) is 0.520. The van der Waals surface area contributed by atoms with Crippen LogP contribution in [0.15, 0.2) is 48.5 Å². The van der Waals surface area contributed by atoms with Crippen molar-refractivity contribution >= 4 is 34.6 Å². The number of rotatable bonds is 7. The standard InChI is InChI=1S/C19H19IO4/c1-23-18-10-6-15(13-17(18)21)7-11-19(22)24-12-2-3-14-4-8-16(20)9-5-14/h2-6,8-10,13,21H,7,11-12H2,1H3/b3-2+. The van der Waals surface area contributed by atoms with Crippen LogP contribution in [0, 0.1) is 3.57 Å². The van der Waals surface area contributed by atoms with Crippen LogP contribution in [0.3, 0.4) is 0 Å². The van der Waals surface area contributed by atoms with Crippen molar-refractivity contribution < 1.29 is 19.4 Å². The first-order valence-electron chi connectivity index (χ1n) is 7.52. The number of hydrogen-bond acceptors (Lipinski definition) is 4. The van der Waals surface area contributed by atoms with E-state index in [0.29, 0.717) is 12.2 Å². The second-order valence-corrected chi connectivity index (χ2v) is 6.39. The van der Waals surface area contributed by atoms with E-state index in [9.17, 15) is 9.90 Å². The van der Waals surface area contributed by atoms with E-state index in [4.69, 9.17) is 9.47 Å². The topological polar surface area (TPSA) is 55.8 Å². The Bertz CT molecular complexity index is 708. The van der Waals surface area contributed by atoms with Crippen LogP contribution in [0.5, 0.6) is 11.5 Å². The molecular weight excluding hydrogens is 419 g/mol. The van der Waals surface area contributed by atoms with Gasteiger partial charge in [-0.3, -0.25) is 4.79 Å². The first-order valence-corrected chi connectivity index (χ1v) is 8.60. The zero-order chi connectivity index (χ0) is 17.4. The van der Waals surface area contributed by atoms with E-state index in [1.165, 1.54) is 10.7 Å². The fourth-order valence-corrected chi connectivity index (χ4v) is 2.47. The number of phenolic OH excluding ortho intramolecular Hbond substituents is 1. The molecule has 2 aromatic rings. The molecule has 0 fully saturated rings. The van der Waals surface area contributed by atoms with Gasteiger partial charge in [-0.2, -0.15) is 0 Å². The van der Waals surface area contributed by atoms with Crippen molar-refractivity contribution in [2.24, 2.45) is 0 Å². The van der Waals surface area contributed by atoms with Crippen LogP contribution in [-0.2, 0) is 16.0 Å². The number of halogens is 1. The van der Waals surface area contributed by atoms with Gasteiger partial charge in [0, 0.05) is 9.99 Å². The molecule has 0 unspecified atom stereocenters. The minimum atomic E-state index is -0.266. The van der Waals surface area contributed by atoms with Gasteiger partial charge >= 0.3 is 5.97 Å². The number of aromatic hydroxyl groups is 1. The molecule has 24 heavy (non-hydrogen) atoms. The first-order chi connectivity index (χ1) is 11.6. The predicted octanol–water partition coefficient (Wildman–Crippen LogP) is 4.19. The number of aryl methyl sites for hydroxylation is 1. The Morgan fingerprint density at radius 3 is 2.62 bits per heavy atom. The lowest BCUT2D eigenvalue weighted by Crippen LogP contribution is -2.05. The molecule has 5 heteroatoms. The fraction of sp³-hybridized carbons (Fsp3) is 0.211. The Hall–Kier alpha value is -2.02. The van der Waals surface area contributed by atoms with Gasteiger partial charge in [-0.25, -0.2) is 0 Å². The van der Waals surface area contributed by atoms with Gasteiger partial charge in [-0.05, 0) is 70.5 Å². The summed E-state index contributed by atoms with van der Waals surface area (Å²) in [6, 6.07) is 13.2. The first kappa shape index (κ1) is 18.3. The molecule has 0 heterocycles. The normalized spacial score (nSPS) is 10.8. The van der Waals surface area contributed by atoms with Crippen LogP contribution in [0.1, 0.15) is 17.5 Å². The monoisotopic (exact) mass is 438 g/mol. The van der Waals surface area contributed by atoms with Gasteiger partial charge in [0.25, 0.3) is 0 Å². The van der Waals surface area contributed by atoms with Gasteiger partial charge in [0.2, 0.25) is 0 Å². The minimum Gasteiger partial charge on any atom is -0.504 e. The molecule has 2 aromatic carbocycles. The summed E-state index contributed by atoms with van der Waals surface area (Å²) in [4.78, 5) is 11.7. The largest absolute Gasteiger partial charge is 0.504 e. The van der Waals surface area contributed by atoms with Gasteiger partial charge in [0.1, 0.15) is 6.61 Å². The molecule has 0 atom stereocenters. The molecule has 1 N–H and O–H groups in total. The number of carbonyl (C=O) groups excluding carboxylic acids is 1. The summed E-state index contributed by atoms with van der Waals surface area (Å²) in [6.07, 6.45) is 4.52. The number of benzene rings is 2. The Morgan fingerprint density at radius 1 is 1.21 bits per heavy atom. The zero-order valence-corrected chi connectivity index (χ0v) is 15.5. The van der Waals surface area contributed by atoms with Crippen LogP contribution in [0.25, 0.3) is 6.08 Å². The van der Waals surface area contributed by atoms with Crippen molar-refractivity contribution in [2.75, 3.05) is 13.7 Å². The number of hydrogen-bond donors (Lipinski definition) is 1. The van der Waals surface area contributed by atoms with Crippen LogP contribution < -0.4 is 4.74 Å². The number of esters is 1. The molecule has 126 valence electrons. The number of methoxy groups -OCH3 is 1. The molecular formula is C19H19IO4. The van der Waals surface area contributed by atoms with Gasteiger partial charge in [-0.15, -0.1) is 0 Å². The SMILES string of the molecule is COc1ccc(CCC(=O)OC/C=C/c2ccc(I)cc2)cc1O. The summed E-state index contributed by atoms with van der Waals surface area (Å²) >= 11 is 2.25. The Labute approximate surface area is 155 Å². The van der Waals surface area contributed by atoms with Crippen LogP contribution in [-0.4, -0.2) is 24.8 Å². The smallest absolute Gasteiger partial charge is 0.306 e. The van der Waals surface area contributed by atoms with Crippen LogP contribution in [0.2, 0.25) is 0 Å². The highest BCUT2D eigenvalue weighted by atomic mass is 127. The van der Waals surface area contributed by atoms with Crippen LogP contribution >= 0.6 is 22.6 Å². The van der Waals surface area contributed by atoms with Gasteiger partial charge < -0.3 is 14.6 Å².